The molecule has 0 radical (unpaired) electrons. The van der Waals surface area contributed by atoms with Crippen molar-refractivity contribution in [3.8, 4) is 11.1 Å². The third kappa shape index (κ3) is 7.30. The normalized spacial score (nSPS) is 14.1. The zero-order valence-corrected chi connectivity index (χ0v) is 20.3. The number of carbonyl (C=O) groups excluding carboxylic acids is 1. The molecule has 0 unspecified atom stereocenters. The van der Waals surface area contributed by atoms with E-state index in [2.05, 4.69) is 20.2 Å². The number of aliphatic hydroxyl groups is 1. The van der Waals surface area contributed by atoms with Gasteiger partial charge in [-0.05, 0) is 36.5 Å². The Bertz CT molecular complexity index is 1230. The largest absolute Gasteiger partial charge is 0.481 e. The third-order valence-electron chi connectivity index (χ3n) is 5.64. The number of amides is 1. The lowest BCUT2D eigenvalue weighted by molar-refractivity contribution is -0.151. The van der Waals surface area contributed by atoms with Crippen molar-refractivity contribution >= 4 is 19.7 Å². The summed E-state index contributed by atoms with van der Waals surface area (Å²) in [5.41, 5.74) is 1.18. The second kappa shape index (κ2) is 11.5. The lowest BCUT2D eigenvalue weighted by Crippen LogP contribution is -2.44. The van der Waals surface area contributed by atoms with Crippen molar-refractivity contribution in [1.82, 2.24) is 20.3 Å². The standard InChI is InChI=1S/C23H27N4O8P/c1-23(14-28,22(30)31)12-19(11-16-7-9-18(10-8-16)17-5-3-2-4-6-17)25-21(29)20-13-24-26-27(20)15-35-36(32,33)34/h2-10,13,19,28H,11-12,14-15H2,1H3,(H,25,29)(H,30,31)(H2,32,33,34)/t19-,23+/m1/s1. The summed E-state index contributed by atoms with van der Waals surface area (Å²) in [7, 11) is -4.81. The van der Waals surface area contributed by atoms with Gasteiger partial charge >= 0.3 is 13.8 Å². The number of aliphatic hydroxyl groups excluding tert-OH is 1. The van der Waals surface area contributed by atoms with Crippen molar-refractivity contribution < 1.29 is 38.7 Å². The van der Waals surface area contributed by atoms with Crippen LogP contribution in [0, 0.1) is 5.41 Å². The lowest BCUT2D eigenvalue weighted by Gasteiger charge is -2.28. The highest BCUT2D eigenvalue weighted by atomic mass is 31.2. The van der Waals surface area contributed by atoms with Gasteiger partial charge in [0, 0.05) is 6.04 Å². The van der Waals surface area contributed by atoms with Crippen molar-refractivity contribution in [2.45, 2.75) is 32.5 Å². The topological polar surface area (TPSA) is 184 Å². The van der Waals surface area contributed by atoms with Gasteiger partial charge in [0.25, 0.3) is 5.91 Å². The summed E-state index contributed by atoms with van der Waals surface area (Å²) >= 11 is 0. The predicted octanol–water partition coefficient (Wildman–Crippen LogP) is 1.83. The van der Waals surface area contributed by atoms with E-state index in [1.54, 1.807) is 0 Å². The number of aliphatic carboxylic acids is 1. The molecular formula is C23H27N4O8P. The van der Waals surface area contributed by atoms with Gasteiger partial charge in [0.15, 0.2) is 6.73 Å². The van der Waals surface area contributed by atoms with Crippen molar-refractivity contribution in [3.63, 3.8) is 0 Å². The van der Waals surface area contributed by atoms with Gasteiger partial charge in [-0.2, -0.15) is 0 Å². The summed E-state index contributed by atoms with van der Waals surface area (Å²) in [4.78, 5) is 42.6. The fourth-order valence-corrected chi connectivity index (χ4v) is 3.86. The van der Waals surface area contributed by atoms with Gasteiger partial charge in [-0.3, -0.25) is 14.1 Å². The van der Waals surface area contributed by atoms with Crippen molar-refractivity contribution in [2.24, 2.45) is 5.41 Å². The Labute approximate surface area is 206 Å². The number of hydrogen-bond donors (Lipinski definition) is 5. The minimum absolute atomic E-state index is 0.0917. The van der Waals surface area contributed by atoms with E-state index in [9.17, 15) is 24.4 Å². The molecule has 0 aliphatic rings. The molecule has 0 saturated heterocycles. The number of hydrogen-bond acceptors (Lipinski definition) is 7. The third-order valence-corrected chi connectivity index (χ3v) is 6.09. The molecule has 13 heteroatoms. The number of aromatic nitrogens is 3. The zero-order valence-electron chi connectivity index (χ0n) is 19.4. The molecule has 1 amide bonds. The average molecular weight is 518 g/mol. The molecule has 2 aromatic carbocycles. The van der Waals surface area contributed by atoms with Crippen LogP contribution in [0.25, 0.3) is 11.1 Å². The van der Waals surface area contributed by atoms with Gasteiger partial charge in [0.05, 0.1) is 18.2 Å². The van der Waals surface area contributed by atoms with Crippen LogP contribution < -0.4 is 5.32 Å². The summed E-state index contributed by atoms with van der Waals surface area (Å²) in [5.74, 6) is -1.92. The second-order valence-corrected chi connectivity index (χ2v) is 9.77. The van der Waals surface area contributed by atoms with Crippen LogP contribution in [0.4, 0.5) is 0 Å². The van der Waals surface area contributed by atoms with Crippen LogP contribution in [-0.4, -0.2) is 59.5 Å². The molecule has 1 heterocycles. The maximum absolute atomic E-state index is 13.0. The van der Waals surface area contributed by atoms with Gasteiger partial charge in [-0.1, -0.05) is 59.8 Å². The predicted molar refractivity (Wildman–Crippen MR) is 127 cm³/mol. The highest BCUT2D eigenvalue weighted by Gasteiger charge is 2.36. The van der Waals surface area contributed by atoms with Crippen LogP contribution in [0.3, 0.4) is 0 Å². The summed E-state index contributed by atoms with van der Waals surface area (Å²) in [6.45, 7) is 0.0199. The van der Waals surface area contributed by atoms with Crippen LogP contribution >= 0.6 is 7.82 Å². The van der Waals surface area contributed by atoms with E-state index in [4.69, 9.17) is 9.79 Å². The molecule has 0 spiro atoms. The van der Waals surface area contributed by atoms with Crippen LogP contribution in [0.2, 0.25) is 0 Å². The smallest absolute Gasteiger partial charge is 0.471 e. The summed E-state index contributed by atoms with van der Waals surface area (Å²) in [6, 6.07) is 16.6. The highest BCUT2D eigenvalue weighted by Crippen LogP contribution is 2.36. The van der Waals surface area contributed by atoms with Crippen LogP contribution in [0.15, 0.2) is 60.8 Å². The SMILES string of the molecule is C[C@@](CO)(C[C@@H](Cc1ccc(-c2ccccc2)cc1)NC(=O)c1cnnn1COP(=O)(O)O)C(=O)O. The minimum atomic E-state index is -4.81. The van der Waals surface area contributed by atoms with Crippen molar-refractivity contribution in [3.05, 3.63) is 72.1 Å². The van der Waals surface area contributed by atoms with Gasteiger partial charge in [-0.15, -0.1) is 5.10 Å². The van der Waals surface area contributed by atoms with E-state index in [0.29, 0.717) is 0 Å². The Morgan fingerprint density at radius 1 is 1.11 bits per heavy atom. The fourth-order valence-electron chi connectivity index (χ4n) is 3.60. The van der Waals surface area contributed by atoms with E-state index in [-0.39, 0.29) is 18.5 Å². The maximum atomic E-state index is 13.0. The monoisotopic (exact) mass is 518 g/mol. The number of carboxylic acids is 1. The van der Waals surface area contributed by atoms with E-state index >= 15 is 0 Å². The summed E-state index contributed by atoms with van der Waals surface area (Å²) in [5, 5.41) is 29.3. The molecule has 2 atom stereocenters. The molecule has 12 nitrogen and oxygen atoms in total. The summed E-state index contributed by atoms with van der Waals surface area (Å²) < 4.78 is 16.2. The lowest BCUT2D eigenvalue weighted by atomic mass is 9.82. The van der Waals surface area contributed by atoms with E-state index in [0.717, 1.165) is 27.6 Å². The molecule has 0 bridgehead atoms. The van der Waals surface area contributed by atoms with Gasteiger partial charge in [0.2, 0.25) is 0 Å². The number of carbonyl (C=O) groups is 2. The number of nitrogens with zero attached hydrogens (tertiary/aromatic N) is 3. The van der Waals surface area contributed by atoms with Crippen LogP contribution in [0.5, 0.6) is 0 Å². The van der Waals surface area contributed by atoms with Gasteiger partial charge < -0.3 is 25.3 Å². The molecule has 0 fully saturated rings. The molecule has 36 heavy (non-hydrogen) atoms. The van der Waals surface area contributed by atoms with Gasteiger partial charge in [-0.25, -0.2) is 9.25 Å². The van der Waals surface area contributed by atoms with Crippen LogP contribution in [0.1, 0.15) is 29.4 Å². The number of rotatable bonds is 12. The molecule has 3 aromatic rings. The fraction of sp³-hybridized carbons (Fsp3) is 0.304. The minimum Gasteiger partial charge on any atom is -0.481 e. The molecule has 0 aliphatic heterocycles. The second-order valence-electron chi connectivity index (χ2n) is 8.53. The Kier molecular flexibility index (Phi) is 8.72. The molecule has 192 valence electrons. The first-order chi connectivity index (χ1) is 17.0. The molecule has 3 rings (SSSR count). The first-order valence-corrected chi connectivity index (χ1v) is 12.4. The van der Waals surface area contributed by atoms with Crippen molar-refractivity contribution in [1.29, 1.82) is 0 Å². The molecule has 0 aliphatic carbocycles. The Morgan fingerprint density at radius 3 is 2.33 bits per heavy atom. The maximum Gasteiger partial charge on any atom is 0.471 e. The van der Waals surface area contributed by atoms with E-state index in [1.165, 1.54) is 6.92 Å². The Balaban J connectivity index is 1.81. The number of benzene rings is 2. The number of phosphoric ester groups is 1. The quantitative estimate of drug-likeness (QED) is 0.222. The molecular weight excluding hydrogens is 491 g/mol. The number of nitrogens with one attached hydrogen (secondary N) is 1. The van der Waals surface area contributed by atoms with Crippen LogP contribution in [-0.2, 0) is 27.0 Å². The van der Waals surface area contributed by atoms with E-state index < -0.39 is 44.5 Å². The average Bonchev–Trinajstić information content (AvgIpc) is 3.32. The van der Waals surface area contributed by atoms with Crippen molar-refractivity contribution in [2.75, 3.05) is 6.61 Å². The number of phosphoric acid groups is 1. The first kappa shape index (κ1) is 27.2. The first-order valence-electron chi connectivity index (χ1n) is 10.9. The Hall–Kier alpha value is -3.41. The molecule has 0 saturated carbocycles. The zero-order chi connectivity index (χ0) is 26.3. The highest BCUT2D eigenvalue weighted by molar-refractivity contribution is 7.46. The summed E-state index contributed by atoms with van der Waals surface area (Å²) in [6.07, 6.45) is 1.25. The Morgan fingerprint density at radius 2 is 1.75 bits per heavy atom. The molecule has 5 N–H and O–H groups in total. The van der Waals surface area contributed by atoms with Gasteiger partial charge in [0.1, 0.15) is 5.69 Å². The van der Waals surface area contributed by atoms with E-state index in [1.807, 2.05) is 54.6 Å². The molecule has 1 aromatic heterocycles. The number of carboxylic acid groups (broad SMARTS) is 1.